The van der Waals surface area contributed by atoms with E-state index in [9.17, 15) is 0 Å². The molecule has 0 amide bonds. The predicted octanol–water partition coefficient (Wildman–Crippen LogP) is 5.80. The summed E-state index contributed by atoms with van der Waals surface area (Å²) < 4.78 is 10.7. The van der Waals surface area contributed by atoms with E-state index in [1.807, 2.05) is 12.1 Å². The van der Waals surface area contributed by atoms with Crippen LogP contribution in [0.2, 0.25) is 0 Å². The van der Waals surface area contributed by atoms with E-state index in [2.05, 4.69) is 79.4 Å². The fourth-order valence-corrected chi connectivity index (χ4v) is 2.77. The van der Waals surface area contributed by atoms with Gasteiger partial charge in [-0.3, -0.25) is 0 Å². The van der Waals surface area contributed by atoms with E-state index in [-0.39, 0.29) is 0 Å². The molecule has 0 aliphatic carbocycles. The van der Waals surface area contributed by atoms with Crippen molar-refractivity contribution in [3.05, 3.63) is 83.9 Å². The van der Waals surface area contributed by atoms with Gasteiger partial charge in [0, 0.05) is 24.2 Å². The van der Waals surface area contributed by atoms with Crippen molar-refractivity contribution in [2.24, 2.45) is 0 Å². The van der Waals surface area contributed by atoms with Gasteiger partial charge in [0.2, 0.25) is 0 Å². The van der Waals surface area contributed by atoms with Gasteiger partial charge in [0.05, 0.1) is 6.61 Å². The third-order valence-electron chi connectivity index (χ3n) is 4.24. The van der Waals surface area contributed by atoms with E-state index in [1.165, 1.54) is 11.1 Å². The van der Waals surface area contributed by atoms with Gasteiger partial charge < -0.3 is 14.4 Å². The molecule has 26 heavy (non-hydrogen) atoms. The Morgan fingerprint density at radius 1 is 0.615 bits per heavy atom. The Labute approximate surface area is 155 Å². The number of benzene rings is 3. The minimum absolute atomic E-state index is 0.551. The van der Waals surface area contributed by atoms with Crippen LogP contribution in [0.3, 0.4) is 0 Å². The van der Waals surface area contributed by atoms with E-state index in [0.29, 0.717) is 13.2 Å². The molecule has 0 radical (unpaired) electrons. The van der Waals surface area contributed by atoms with Crippen LogP contribution in [-0.2, 0) is 4.74 Å². The van der Waals surface area contributed by atoms with Crippen LogP contribution < -0.4 is 9.64 Å². The van der Waals surface area contributed by atoms with Gasteiger partial charge in [-0.2, -0.15) is 0 Å². The van der Waals surface area contributed by atoms with Gasteiger partial charge in [0.15, 0.2) is 0 Å². The van der Waals surface area contributed by atoms with E-state index < -0.39 is 0 Å². The van der Waals surface area contributed by atoms with Gasteiger partial charge in [-0.15, -0.1) is 0 Å². The Morgan fingerprint density at radius 2 is 1.04 bits per heavy atom. The molecule has 0 atom stereocenters. The molecule has 3 nitrogen and oxygen atoms in total. The molecule has 3 aromatic carbocycles. The van der Waals surface area contributed by atoms with Gasteiger partial charge in [-0.25, -0.2) is 0 Å². The SMILES string of the molecule is COCCOc1ccc(N(c2ccc(C)cc2)c2ccc(C)cc2)cc1. The molecule has 0 aromatic heterocycles. The first-order valence-electron chi connectivity index (χ1n) is 8.82. The van der Waals surface area contributed by atoms with Gasteiger partial charge in [0.1, 0.15) is 12.4 Å². The predicted molar refractivity (Wildman–Crippen MR) is 108 cm³/mol. The summed E-state index contributed by atoms with van der Waals surface area (Å²) in [4.78, 5) is 2.25. The number of hydrogen-bond acceptors (Lipinski definition) is 3. The fourth-order valence-electron chi connectivity index (χ4n) is 2.77. The second kappa shape index (κ2) is 8.54. The first-order valence-corrected chi connectivity index (χ1v) is 8.82. The molecule has 0 saturated heterocycles. The summed E-state index contributed by atoms with van der Waals surface area (Å²) in [6.07, 6.45) is 0. The zero-order valence-corrected chi connectivity index (χ0v) is 15.6. The van der Waals surface area contributed by atoms with Crippen molar-refractivity contribution in [1.29, 1.82) is 0 Å². The molecule has 0 aliphatic heterocycles. The molecule has 0 heterocycles. The number of methoxy groups -OCH3 is 1. The van der Waals surface area contributed by atoms with E-state index in [1.54, 1.807) is 7.11 Å². The fraction of sp³-hybridized carbons (Fsp3) is 0.217. The molecular formula is C23H25NO2. The van der Waals surface area contributed by atoms with Crippen molar-refractivity contribution >= 4 is 17.1 Å². The molecular weight excluding hydrogens is 322 g/mol. The highest BCUT2D eigenvalue weighted by Crippen LogP contribution is 2.35. The average Bonchev–Trinajstić information content (AvgIpc) is 2.66. The Morgan fingerprint density at radius 3 is 1.46 bits per heavy atom. The number of anilines is 3. The summed E-state index contributed by atoms with van der Waals surface area (Å²) in [5, 5.41) is 0. The molecule has 0 unspecified atom stereocenters. The van der Waals surface area contributed by atoms with Gasteiger partial charge in [-0.1, -0.05) is 35.4 Å². The van der Waals surface area contributed by atoms with Crippen molar-refractivity contribution in [3.63, 3.8) is 0 Å². The maximum atomic E-state index is 5.68. The van der Waals surface area contributed by atoms with Crippen molar-refractivity contribution in [1.82, 2.24) is 0 Å². The second-order valence-corrected chi connectivity index (χ2v) is 6.34. The van der Waals surface area contributed by atoms with E-state index in [4.69, 9.17) is 9.47 Å². The van der Waals surface area contributed by atoms with Gasteiger partial charge >= 0.3 is 0 Å². The highest BCUT2D eigenvalue weighted by molar-refractivity contribution is 5.76. The number of hydrogen-bond donors (Lipinski definition) is 0. The Balaban J connectivity index is 1.92. The van der Waals surface area contributed by atoms with Crippen molar-refractivity contribution in [3.8, 4) is 5.75 Å². The summed E-state index contributed by atoms with van der Waals surface area (Å²) in [6.45, 7) is 5.34. The molecule has 0 bridgehead atoms. The Hall–Kier alpha value is -2.78. The smallest absolute Gasteiger partial charge is 0.119 e. The Kier molecular flexibility index (Phi) is 5.92. The first-order chi connectivity index (χ1) is 12.7. The van der Waals surface area contributed by atoms with Crippen molar-refractivity contribution in [2.75, 3.05) is 25.2 Å². The van der Waals surface area contributed by atoms with Crippen molar-refractivity contribution < 1.29 is 9.47 Å². The summed E-state index contributed by atoms with van der Waals surface area (Å²) in [5.41, 5.74) is 5.86. The number of nitrogens with zero attached hydrogens (tertiary/aromatic N) is 1. The maximum absolute atomic E-state index is 5.68. The standard InChI is InChI=1S/C23H25NO2/c1-18-4-8-20(9-5-18)24(21-10-6-19(2)7-11-21)22-12-14-23(15-13-22)26-17-16-25-3/h4-15H,16-17H2,1-3H3. The number of ether oxygens (including phenoxy) is 2. The van der Waals surface area contributed by atoms with Gasteiger partial charge in [-0.05, 0) is 62.4 Å². The van der Waals surface area contributed by atoms with E-state index in [0.717, 1.165) is 22.8 Å². The van der Waals surface area contributed by atoms with E-state index >= 15 is 0 Å². The van der Waals surface area contributed by atoms with Crippen LogP contribution in [0.15, 0.2) is 72.8 Å². The van der Waals surface area contributed by atoms with Gasteiger partial charge in [0.25, 0.3) is 0 Å². The lowest BCUT2D eigenvalue weighted by molar-refractivity contribution is 0.146. The lowest BCUT2D eigenvalue weighted by atomic mass is 10.1. The molecule has 0 aliphatic rings. The molecule has 0 fully saturated rings. The highest BCUT2D eigenvalue weighted by Gasteiger charge is 2.12. The lowest BCUT2D eigenvalue weighted by Gasteiger charge is -2.26. The first kappa shape index (κ1) is 18.0. The molecule has 134 valence electrons. The van der Waals surface area contributed by atoms with Crippen LogP contribution in [-0.4, -0.2) is 20.3 Å². The third-order valence-corrected chi connectivity index (χ3v) is 4.24. The average molecular weight is 347 g/mol. The molecule has 3 rings (SSSR count). The summed E-state index contributed by atoms with van der Waals surface area (Å²) >= 11 is 0. The minimum atomic E-state index is 0.551. The quantitative estimate of drug-likeness (QED) is 0.504. The number of aryl methyl sites for hydroxylation is 2. The molecule has 0 spiro atoms. The molecule has 3 heteroatoms. The van der Waals surface area contributed by atoms with Crippen LogP contribution in [0.1, 0.15) is 11.1 Å². The van der Waals surface area contributed by atoms with Crippen LogP contribution >= 0.6 is 0 Å². The minimum Gasteiger partial charge on any atom is -0.491 e. The van der Waals surface area contributed by atoms with Crippen molar-refractivity contribution in [2.45, 2.75) is 13.8 Å². The third kappa shape index (κ3) is 4.44. The zero-order chi connectivity index (χ0) is 18.4. The van der Waals surface area contributed by atoms with Crippen LogP contribution in [0.25, 0.3) is 0 Å². The largest absolute Gasteiger partial charge is 0.491 e. The Bertz CT molecular complexity index is 763. The summed E-state index contributed by atoms with van der Waals surface area (Å²) in [7, 11) is 1.67. The number of rotatable bonds is 7. The monoisotopic (exact) mass is 347 g/mol. The highest BCUT2D eigenvalue weighted by atomic mass is 16.5. The zero-order valence-electron chi connectivity index (χ0n) is 15.6. The summed E-state index contributed by atoms with van der Waals surface area (Å²) in [6, 6.07) is 25.3. The molecule has 3 aromatic rings. The maximum Gasteiger partial charge on any atom is 0.119 e. The molecule has 0 saturated carbocycles. The second-order valence-electron chi connectivity index (χ2n) is 6.34. The van der Waals surface area contributed by atoms with Crippen LogP contribution in [0, 0.1) is 13.8 Å². The lowest BCUT2D eigenvalue weighted by Crippen LogP contribution is -2.10. The molecule has 0 N–H and O–H groups in total. The van der Waals surface area contributed by atoms with Crippen LogP contribution in [0.5, 0.6) is 5.75 Å². The summed E-state index contributed by atoms with van der Waals surface area (Å²) in [5.74, 6) is 0.846. The van der Waals surface area contributed by atoms with Crippen LogP contribution in [0.4, 0.5) is 17.1 Å². The normalized spacial score (nSPS) is 10.6. The topological polar surface area (TPSA) is 21.7 Å².